The van der Waals surface area contributed by atoms with Crippen LogP contribution in [0.5, 0.6) is 0 Å². The molecule has 0 radical (unpaired) electrons. The molecule has 0 aromatic carbocycles. The Hall–Kier alpha value is -0.990. The van der Waals surface area contributed by atoms with E-state index in [1.807, 2.05) is 6.92 Å². The minimum absolute atomic E-state index is 0.302. The first kappa shape index (κ1) is 9.01. The van der Waals surface area contributed by atoms with Crippen LogP contribution < -0.4 is 5.32 Å². The Morgan fingerprint density at radius 3 is 2.80 bits per heavy atom. The van der Waals surface area contributed by atoms with E-state index in [2.05, 4.69) is 10.1 Å². The summed E-state index contributed by atoms with van der Waals surface area (Å²) in [7, 11) is 0. The lowest BCUT2D eigenvalue weighted by molar-refractivity contribution is -0.137. The monoisotopic (exact) mass is 143 g/mol. The number of hydrogen-bond acceptors (Lipinski definition) is 3. The molecule has 10 heavy (non-hydrogen) atoms. The number of ether oxygens (including phenoxy) is 1. The molecule has 0 aliphatic heterocycles. The van der Waals surface area contributed by atoms with Gasteiger partial charge in [0.25, 0.3) is 0 Å². The summed E-state index contributed by atoms with van der Waals surface area (Å²) in [5.74, 6) is -0.302. The zero-order valence-corrected chi connectivity index (χ0v) is 6.39. The maximum Gasteiger partial charge on any atom is 0.332 e. The lowest BCUT2D eigenvalue weighted by Gasteiger charge is -1.94. The molecule has 0 saturated carbocycles. The standard InChI is InChI=1S/C7H13NO2/c1-3-8-6-5-7(9)10-4-2/h5-6,8H,3-4H2,1-2H3/b6-5-. The van der Waals surface area contributed by atoms with E-state index in [9.17, 15) is 4.79 Å². The SMILES string of the molecule is CCN/C=C\C(=O)OCC. The highest BCUT2D eigenvalue weighted by Gasteiger charge is 1.90. The molecule has 0 aliphatic rings. The highest BCUT2D eigenvalue weighted by Crippen LogP contribution is 1.78. The van der Waals surface area contributed by atoms with Crippen molar-refractivity contribution in [1.29, 1.82) is 0 Å². The van der Waals surface area contributed by atoms with Crippen molar-refractivity contribution < 1.29 is 9.53 Å². The topological polar surface area (TPSA) is 38.3 Å². The molecule has 3 heteroatoms. The van der Waals surface area contributed by atoms with Gasteiger partial charge in [0.15, 0.2) is 0 Å². The summed E-state index contributed by atoms with van der Waals surface area (Å²) in [4.78, 5) is 10.6. The van der Waals surface area contributed by atoms with E-state index in [4.69, 9.17) is 0 Å². The zero-order valence-electron chi connectivity index (χ0n) is 6.39. The summed E-state index contributed by atoms with van der Waals surface area (Å²) in [5, 5.41) is 2.86. The van der Waals surface area contributed by atoms with Crippen LogP contribution in [-0.4, -0.2) is 19.1 Å². The summed E-state index contributed by atoms with van der Waals surface area (Å²) < 4.78 is 4.62. The first-order valence-corrected chi connectivity index (χ1v) is 3.38. The highest BCUT2D eigenvalue weighted by atomic mass is 16.5. The Bertz CT molecular complexity index is 121. The van der Waals surface area contributed by atoms with Gasteiger partial charge in [0.1, 0.15) is 0 Å². The maximum atomic E-state index is 10.6. The lowest BCUT2D eigenvalue weighted by Crippen LogP contribution is -2.05. The van der Waals surface area contributed by atoms with Crippen LogP contribution in [-0.2, 0) is 9.53 Å². The summed E-state index contributed by atoms with van der Waals surface area (Å²) >= 11 is 0. The number of esters is 1. The second kappa shape index (κ2) is 6.13. The van der Waals surface area contributed by atoms with Crippen LogP contribution in [0.1, 0.15) is 13.8 Å². The van der Waals surface area contributed by atoms with Crippen LogP contribution in [0.25, 0.3) is 0 Å². The fraction of sp³-hybridized carbons (Fsp3) is 0.571. The van der Waals surface area contributed by atoms with Gasteiger partial charge in [-0.3, -0.25) is 0 Å². The molecule has 0 saturated heterocycles. The normalized spacial score (nSPS) is 9.80. The maximum absolute atomic E-state index is 10.6. The first-order valence-electron chi connectivity index (χ1n) is 3.38. The first-order chi connectivity index (χ1) is 4.81. The number of carbonyl (C=O) groups excluding carboxylic acids is 1. The molecule has 0 bridgehead atoms. The van der Waals surface area contributed by atoms with Crippen LogP contribution in [0.2, 0.25) is 0 Å². The molecule has 0 heterocycles. The van der Waals surface area contributed by atoms with Crippen LogP contribution in [0.4, 0.5) is 0 Å². The van der Waals surface area contributed by atoms with Crippen molar-refractivity contribution in [2.45, 2.75) is 13.8 Å². The van der Waals surface area contributed by atoms with E-state index in [-0.39, 0.29) is 5.97 Å². The van der Waals surface area contributed by atoms with Crippen molar-refractivity contribution >= 4 is 5.97 Å². The minimum atomic E-state index is -0.302. The predicted octanol–water partition coefficient (Wildman–Crippen LogP) is 0.673. The zero-order chi connectivity index (χ0) is 7.82. The Balaban J connectivity index is 3.36. The molecule has 0 rings (SSSR count). The summed E-state index contributed by atoms with van der Waals surface area (Å²) in [6.07, 6.45) is 2.95. The highest BCUT2D eigenvalue weighted by molar-refractivity contribution is 5.81. The third-order valence-corrected chi connectivity index (χ3v) is 0.828. The van der Waals surface area contributed by atoms with E-state index >= 15 is 0 Å². The van der Waals surface area contributed by atoms with Gasteiger partial charge in [0, 0.05) is 18.8 Å². The Morgan fingerprint density at radius 1 is 1.60 bits per heavy atom. The quantitative estimate of drug-likeness (QED) is 0.464. The third-order valence-electron chi connectivity index (χ3n) is 0.828. The van der Waals surface area contributed by atoms with Crippen molar-refractivity contribution in [1.82, 2.24) is 5.32 Å². The van der Waals surface area contributed by atoms with Gasteiger partial charge in [-0.2, -0.15) is 0 Å². The average Bonchev–Trinajstić information content (AvgIpc) is 1.89. The molecule has 0 aliphatic carbocycles. The van der Waals surface area contributed by atoms with Gasteiger partial charge in [-0.15, -0.1) is 0 Å². The van der Waals surface area contributed by atoms with Crippen LogP contribution in [0.15, 0.2) is 12.3 Å². The van der Waals surface area contributed by atoms with Crippen molar-refractivity contribution in [3.05, 3.63) is 12.3 Å². The number of hydrogen-bond donors (Lipinski definition) is 1. The van der Waals surface area contributed by atoms with Crippen LogP contribution in [0.3, 0.4) is 0 Å². The van der Waals surface area contributed by atoms with Gasteiger partial charge in [-0.25, -0.2) is 4.79 Å². The summed E-state index contributed by atoms with van der Waals surface area (Å²) in [6.45, 7) is 4.97. The number of nitrogens with one attached hydrogen (secondary N) is 1. The fourth-order valence-corrected chi connectivity index (χ4v) is 0.435. The molecule has 3 nitrogen and oxygen atoms in total. The van der Waals surface area contributed by atoms with Crippen molar-refractivity contribution in [3.63, 3.8) is 0 Å². The molecule has 0 aromatic rings. The lowest BCUT2D eigenvalue weighted by atomic mass is 10.6. The molecular weight excluding hydrogens is 130 g/mol. The van der Waals surface area contributed by atoms with E-state index in [0.29, 0.717) is 6.61 Å². The van der Waals surface area contributed by atoms with E-state index in [1.165, 1.54) is 6.08 Å². The molecular formula is C7H13NO2. The second-order valence-electron chi connectivity index (χ2n) is 1.64. The molecule has 0 unspecified atom stereocenters. The number of rotatable bonds is 4. The molecule has 0 amide bonds. The average molecular weight is 143 g/mol. The van der Waals surface area contributed by atoms with E-state index < -0.39 is 0 Å². The van der Waals surface area contributed by atoms with E-state index in [0.717, 1.165) is 6.54 Å². The minimum Gasteiger partial charge on any atom is -0.463 e. The van der Waals surface area contributed by atoms with Gasteiger partial charge < -0.3 is 10.1 Å². The molecule has 0 atom stereocenters. The second-order valence-corrected chi connectivity index (χ2v) is 1.64. The van der Waals surface area contributed by atoms with Crippen molar-refractivity contribution in [2.24, 2.45) is 0 Å². The Kier molecular flexibility index (Phi) is 5.53. The largest absolute Gasteiger partial charge is 0.463 e. The molecule has 1 N–H and O–H groups in total. The summed E-state index contributed by atoms with van der Waals surface area (Å²) in [6, 6.07) is 0. The van der Waals surface area contributed by atoms with Gasteiger partial charge in [0.05, 0.1) is 6.61 Å². The van der Waals surface area contributed by atoms with Crippen molar-refractivity contribution in [3.8, 4) is 0 Å². The van der Waals surface area contributed by atoms with Crippen molar-refractivity contribution in [2.75, 3.05) is 13.2 Å². The molecule has 0 fully saturated rings. The smallest absolute Gasteiger partial charge is 0.332 e. The third kappa shape index (κ3) is 5.15. The van der Waals surface area contributed by atoms with Gasteiger partial charge in [0.2, 0.25) is 0 Å². The molecule has 58 valence electrons. The van der Waals surface area contributed by atoms with Gasteiger partial charge in [-0.1, -0.05) is 0 Å². The van der Waals surface area contributed by atoms with Gasteiger partial charge >= 0.3 is 5.97 Å². The summed E-state index contributed by atoms with van der Waals surface area (Å²) in [5.41, 5.74) is 0. The Morgan fingerprint density at radius 2 is 2.30 bits per heavy atom. The van der Waals surface area contributed by atoms with Crippen LogP contribution >= 0.6 is 0 Å². The Labute approximate surface area is 61.1 Å². The van der Waals surface area contributed by atoms with Crippen LogP contribution in [0, 0.1) is 0 Å². The molecule has 0 aromatic heterocycles. The van der Waals surface area contributed by atoms with E-state index in [1.54, 1.807) is 13.1 Å². The van der Waals surface area contributed by atoms with Gasteiger partial charge in [-0.05, 0) is 13.8 Å². The predicted molar refractivity (Wildman–Crippen MR) is 39.4 cm³/mol. The fourth-order valence-electron chi connectivity index (χ4n) is 0.435. The number of carbonyl (C=O) groups is 1. The molecule has 0 spiro atoms.